The highest BCUT2D eigenvalue weighted by Gasteiger charge is 2.11. The van der Waals surface area contributed by atoms with Crippen molar-refractivity contribution in [2.75, 3.05) is 26.5 Å². The highest BCUT2D eigenvalue weighted by molar-refractivity contribution is 8.13. The van der Waals surface area contributed by atoms with Crippen molar-refractivity contribution in [2.24, 2.45) is 0 Å². The van der Waals surface area contributed by atoms with Gasteiger partial charge >= 0.3 is 0 Å². The zero-order valence-electron chi connectivity index (χ0n) is 15.9. The standard InChI is InChI=1S/C19H23N3O4S2/c1-20-28(25,26)17-11-4-14(5-12-17)6-13-18(23)21-15-7-9-16(10-8-15)27-19(24)22(2)3/h4-5,7-12,20H,6,13H2,1-3H3,(H,21,23). The molecule has 0 bridgehead atoms. The molecule has 0 radical (unpaired) electrons. The van der Waals surface area contributed by atoms with Crippen molar-refractivity contribution in [3.63, 3.8) is 0 Å². The van der Waals surface area contributed by atoms with Crippen LogP contribution in [0.15, 0.2) is 58.3 Å². The van der Waals surface area contributed by atoms with Gasteiger partial charge in [-0.1, -0.05) is 12.1 Å². The number of anilines is 1. The minimum Gasteiger partial charge on any atom is -0.339 e. The second kappa shape index (κ2) is 9.72. The van der Waals surface area contributed by atoms with Gasteiger partial charge in [0.25, 0.3) is 5.24 Å². The SMILES string of the molecule is CNS(=O)(=O)c1ccc(CCC(=O)Nc2ccc(SC(=O)N(C)C)cc2)cc1. The average Bonchev–Trinajstić information content (AvgIpc) is 2.68. The van der Waals surface area contributed by atoms with Gasteiger partial charge in [-0.3, -0.25) is 9.59 Å². The second-order valence-corrected chi connectivity index (χ2v) is 9.10. The predicted octanol–water partition coefficient (Wildman–Crippen LogP) is 2.94. The Morgan fingerprint density at radius 2 is 1.61 bits per heavy atom. The van der Waals surface area contributed by atoms with E-state index >= 15 is 0 Å². The monoisotopic (exact) mass is 421 g/mol. The first-order valence-electron chi connectivity index (χ1n) is 8.53. The van der Waals surface area contributed by atoms with Gasteiger partial charge in [-0.05, 0) is 67.2 Å². The zero-order valence-corrected chi connectivity index (χ0v) is 17.6. The van der Waals surface area contributed by atoms with E-state index in [0.29, 0.717) is 12.1 Å². The molecule has 7 nitrogen and oxygen atoms in total. The number of benzene rings is 2. The minimum atomic E-state index is -3.46. The van der Waals surface area contributed by atoms with E-state index in [9.17, 15) is 18.0 Å². The number of nitrogens with zero attached hydrogens (tertiary/aromatic N) is 1. The molecule has 2 rings (SSSR count). The fourth-order valence-electron chi connectivity index (χ4n) is 2.23. The largest absolute Gasteiger partial charge is 0.339 e. The highest BCUT2D eigenvalue weighted by atomic mass is 32.2. The van der Waals surface area contributed by atoms with Crippen LogP contribution in [0.2, 0.25) is 0 Å². The number of nitrogens with one attached hydrogen (secondary N) is 2. The maximum Gasteiger partial charge on any atom is 0.285 e. The van der Waals surface area contributed by atoms with E-state index in [-0.39, 0.29) is 22.5 Å². The normalized spacial score (nSPS) is 11.1. The van der Waals surface area contributed by atoms with Crippen molar-refractivity contribution < 1.29 is 18.0 Å². The summed E-state index contributed by atoms with van der Waals surface area (Å²) in [6.07, 6.45) is 0.769. The summed E-state index contributed by atoms with van der Waals surface area (Å²) in [6, 6.07) is 13.5. The molecule has 2 amide bonds. The second-order valence-electron chi connectivity index (χ2n) is 6.19. The third-order valence-corrected chi connectivity index (χ3v) is 6.33. The van der Waals surface area contributed by atoms with Crippen molar-refractivity contribution in [1.82, 2.24) is 9.62 Å². The zero-order chi connectivity index (χ0) is 20.7. The van der Waals surface area contributed by atoms with E-state index < -0.39 is 10.0 Å². The van der Waals surface area contributed by atoms with Gasteiger partial charge in [0.05, 0.1) is 4.90 Å². The number of amides is 2. The summed E-state index contributed by atoms with van der Waals surface area (Å²) in [6.45, 7) is 0. The number of aryl methyl sites for hydroxylation is 1. The molecule has 0 aromatic heterocycles. The van der Waals surface area contributed by atoms with Gasteiger partial charge in [-0.15, -0.1) is 0 Å². The first-order valence-corrected chi connectivity index (χ1v) is 10.8. The van der Waals surface area contributed by atoms with Gasteiger partial charge in [0, 0.05) is 31.1 Å². The molecule has 2 N–H and O–H groups in total. The van der Waals surface area contributed by atoms with Crippen molar-refractivity contribution >= 4 is 38.6 Å². The van der Waals surface area contributed by atoms with E-state index in [1.165, 1.54) is 24.1 Å². The third kappa shape index (κ3) is 6.36. The summed E-state index contributed by atoms with van der Waals surface area (Å²) in [5, 5.41) is 2.75. The Balaban J connectivity index is 1.86. The summed E-state index contributed by atoms with van der Waals surface area (Å²) in [5.41, 5.74) is 1.53. The number of carbonyl (C=O) groups excluding carboxylic acids is 2. The van der Waals surface area contributed by atoms with Gasteiger partial charge in [-0.25, -0.2) is 13.1 Å². The van der Waals surface area contributed by atoms with E-state index in [4.69, 9.17) is 0 Å². The topological polar surface area (TPSA) is 95.6 Å². The lowest BCUT2D eigenvalue weighted by Gasteiger charge is -2.10. The molecule has 0 fully saturated rings. The lowest BCUT2D eigenvalue weighted by Crippen LogP contribution is -2.18. The number of sulfonamides is 1. The molecule has 0 atom stereocenters. The quantitative estimate of drug-likeness (QED) is 0.670. The molecule has 0 aliphatic carbocycles. The van der Waals surface area contributed by atoms with Gasteiger partial charge in [0.1, 0.15) is 0 Å². The Morgan fingerprint density at radius 1 is 1.00 bits per heavy atom. The van der Waals surface area contributed by atoms with Crippen LogP contribution in [0, 0.1) is 0 Å². The molecule has 0 saturated heterocycles. The van der Waals surface area contributed by atoms with Gasteiger partial charge < -0.3 is 10.2 Å². The molecular formula is C19H23N3O4S2. The molecule has 150 valence electrons. The van der Waals surface area contributed by atoms with Crippen LogP contribution in [0.1, 0.15) is 12.0 Å². The molecule has 0 aliphatic rings. The van der Waals surface area contributed by atoms with E-state index in [0.717, 1.165) is 22.2 Å². The fourth-order valence-corrected chi connectivity index (χ4v) is 3.62. The van der Waals surface area contributed by atoms with Crippen LogP contribution in [0.25, 0.3) is 0 Å². The lowest BCUT2D eigenvalue weighted by molar-refractivity contribution is -0.116. The van der Waals surface area contributed by atoms with Gasteiger partial charge in [0.15, 0.2) is 0 Å². The maximum absolute atomic E-state index is 12.1. The summed E-state index contributed by atoms with van der Waals surface area (Å²) >= 11 is 1.12. The third-order valence-electron chi connectivity index (χ3n) is 3.85. The number of thioether (sulfide) groups is 1. The lowest BCUT2D eigenvalue weighted by atomic mass is 10.1. The van der Waals surface area contributed by atoms with E-state index in [2.05, 4.69) is 10.0 Å². The molecule has 28 heavy (non-hydrogen) atoms. The molecular weight excluding hydrogens is 398 g/mol. The summed E-state index contributed by atoms with van der Waals surface area (Å²) in [5.74, 6) is -0.142. The van der Waals surface area contributed by atoms with Crippen LogP contribution < -0.4 is 10.0 Å². The molecule has 2 aromatic rings. The Labute approximate surface area is 169 Å². The Bertz CT molecular complexity index is 925. The van der Waals surface area contributed by atoms with Crippen LogP contribution in [-0.2, 0) is 21.2 Å². The van der Waals surface area contributed by atoms with Crippen molar-refractivity contribution in [3.05, 3.63) is 54.1 Å². The van der Waals surface area contributed by atoms with Crippen LogP contribution in [0.5, 0.6) is 0 Å². The minimum absolute atomic E-state index is 0.0645. The number of carbonyl (C=O) groups is 2. The van der Waals surface area contributed by atoms with Crippen molar-refractivity contribution in [3.8, 4) is 0 Å². The van der Waals surface area contributed by atoms with Crippen LogP contribution in [-0.4, -0.2) is 45.6 Å². The Morgan fingerprint density at radius 3 is 2.14 bits per heavy atom. The summed E-state index contributed by atoms with van der Waals surface area (Å²) in [4.78, 5) is 26.3. The number of rotatable bonds is 7. The van der Waals surface area contributed by atoms with Crippen molar-refractivity contribution in [1.29, 1.82) is 0 Å². The number of hydrogen-bond donors (Lipinski definition) is 2. The highest BCUT2D eigenvalue weighted by Crippen LogP contribution is 2.22. The van der Waals surface area contributed by atoms with Crippen molar-refractivity contribution in [2.45, 2.75) is 22.6 Å². The Kier molecular flexibility index (Phi) is 7.61. The smallest absolute Gasteiger partial charge is 0.285 e. The number of hydrogen-bond acceptors (Lipinski definition) is 5. The molecule has 2 aromatic carbocycles. The predicted molar refractivity (Wildman–Crippen MR) is 111 cm³/mol. The summed E-state index contributed by atoms with van der Waals surface area (Å²) < 4.78 is 25.7. The van der Waals surface area contributed by atoms with E-state index in [1.807, 2.05) is 0 Å². The maximum atomic E-state index is 12.1. The first kappa shape index (κ1) is 21.9. The first-order chi connectivity index (χ1) is 13.2. The van der Waals surface area contributed by atoms with E-state index in [1.54, 1.807) is 50.5 Å². The Hall–Kier alpha value is -2.36. The molecule has 0 unspecified atom stereocenters. The van der Waals surface area contributed by atoms with Crippen LogP contribution >= 0.6 is 11.8 Å². The molecule has 9 heteroatoms. The van der Waals surface area contributed by atoms with Gasteiger partial charge in [-0.2, -0.15) is 0 Å². The average molecular weight is 422 g/mol. The van der Waals surface area contributed by atoms with Crippen LogP contribution in [0.4, 0.5) is 10.5 Å². The summed E-state index contributed by atoms with van der Waals surface area (Å²) in [7, 11) is 1.29. The molecule has 0 aliphatic heterocycles. The van der Waals surface area contributed by atoms with Crippen LogP contribution in [0.3, 0.4) is 0 Å². The molecule has 0 saturated carbocycles. The molecule has 0 spiro atoms. The van der Waals surface area contributed by atoms with Gasteiger partial charge in [0.2, 0.25) is 15.9 Å². The fraction of sp³-hybridized carbons (Fsp3) is 0.263. The molecule has 0 heterocycles.